The lowest BCUT2D eigenvalue weighted by molar-refractivity contribution is 1.64. The number of hydrogen-bond donors (Lipinski definition) is 0. The van der Waals surface area contributed by atoms with Crippen LogP contribution >= 0.6 is 49.9 Å². The Hall–Kier alpha value is -0.490. The zero-order valence-corrected chi connectivity index (χ0v) is 11.9. The summed E-state index contributed by atoms with van der Waals surface area (Å²) in [5.41, 5.74) is 2.35. The first-order chi connectivity index (χ1) is 7.74. The summed E-state index contributed by atoms with van der Waals surface area (Å²) < 4.78 is 3.51. The van der Waals surface area contributed by atoms with Gasteiger partial charge in [-0.15, -0.1) is 11.3 Å². The molecule has 0 amide bonds. The van der Waals surface area contributed by atoms with Gasteiger partial charge in [-0.05, 0) is 17.7 Å². The third-order valence-corrected chi connectivity index (χ3v) is 6.18. The molecule has 3 rings (SSSR count). The Balaban J connectivity index is 2.25. The molecule has 0 radical (unpaired) electrons. The van der Waals surface area contributed by atoms with Gasteiger partial charge in [-0.25, -0.2) is 0 Å². The summed E-state index contributed by atoms with van der Waals surface area (Å²) in [5.74, 6) is 0. The van der Waals surface area contributed by atoms with E-state index >= 15 is 0 Å². The van der Waals surface area contributed by atoms with Crippen molar-refractivity contribution >= 4 is 58.7 Å². The maximum absolute atomic E-state index is 11.3. The van der Waals surface area contributed by atoms with Crippen molar-refractivity contribution < 1.29 is 0 Å². The molecular weight excluding hydrogens is 324 g/mol. The van der Waals surface area contributed by atoms with E-state index < -0.39 is 0 Å². The lowest BCUT2D eigenvalue weighted by atomic mass is 10.1. The van der Waals surface area contributed by atoms with Gasteiger partial charge in [0.15, 0.2) is 0 Å². The van der Waals surface area contributed by atoms with Crippen molar-refractivity contribution in [3.8, 4) is 11.1 Å². The van der Waals surface area contributed by atoms with Gasteiger partial charge in [0.2, 0.25) is 0 Å². The van der Waals surface area contributed by atoms with Crippen LogP contribution in [-0.2, 0) is 0 Å². The van der Waals surface area contributed by atoms with E-state index in [1.165, 1.54) is 33.8 Å². The molecule has 0 aliphatic carbocycles. The first-order valence-corrected chi connectivity index (χ1v) is 7.82. The summed E-state index contributed by atoms with van der Waals surface area (Å²) in [5, 5.41) is 2.13. The van der Waals surface area contributed by atoms with Crippen molar-refractivity contribution in [2.75, 3.05) is 0 Å². The highest BCUT2D eigenvalue weighted by atomic mass is 79.9. The number of halogens is 1. The molecular formula is C11H5BrOS3. The maximum atomic E-state index is 11.3. The molecule has 1 aromatic carbocycles. The fourth-order valence-electron chi connectivity index (χ4n) is 1.50. The van der Waals surface area contributed by atoms with Gasteiger partial charge in [-0.1, -0.05) is 50.7 Å². The second-order valence-corrected chi connectivity index (χ2v) is 7.51. The zero-order chi connectivity index (χ0) is 11.1. The molecule has 0 spiro atoms. The van der Waals surface area contributed by atoms with Crippen LogP contribution in [0.3, 0.4) is 0 Å². The van der Waals surface area contributed by atoms with Crippen LogP contribution in [0.15, 0.2) is 38.9 Å². The van der Waals surface area contributed by atoms with Gasteiger partial charge in [0, 0.05) is 15.4 Å². The summed E-state index contributed by atoms with van der Waals surface area (Å²) in [4.78, 5) is 11.3. The molecule has 0 bridgehead atoms. The second-order valence-electron chi connectivity index (χ2n) is 3.23. The minimum absolute atomic E-state index is 0.181. The number of rotatable bonds is 1. The van der Waals surface area contributed by atoms with Gasteiger partial charge < -0.3 is 0 Å². The van der Waals surface area contributed by atoms with Gasteiger partial charge in [0.1, 0.15) is 4.01 Å². The second kappa shape index (κ2) is 4.07. The average molecular weight is 329 g/mol. The molecule has 0 saturated carbocycles. The average Bonchev–Trinajstić information content (AvgIpc) is 2.78. The normalized spacial score (nSPS) is 11.1. The Bertz CT molecular complexity index is 690. The van der Waals surface area contributed by atoms with Gasteiger partial charge in [0.25, 0.3) is 4.06 Å². The summed E-state index contributed by atoms with van der Waals surface area (Å²) in [6.45, 7) is 0. The van der Waals surface area contributed by atoms with E-state index in [4.69, 9.17) is 0 Å². The van der Waals surface area contributed by atoms with Crippen LogP contribution in [0.1, 0.15) is 0 Å². The van der Waals surface area contributed by atoms with Gasteiger partial charge >= 0.3 is 0 Å². The number of fused-ring (bicyclic) bond motifs is 1. The lowest BCUT2D eigenvalue weighted by Crippen LogP contribution is -1.75. The van der Waals surface area contributed by atoms with E-state index in [9.17, 15) is 4.79 Å². The fraction of sp³-hybridized carbons (Fsp3) is 0. The zero-order valence-electron chi connectivity index (χ0n) is 7.90. The standard InChI is InChI=1S/C11H5BrOS3/c12-7-3-1-6(2-4-7)8-5-14-10-9(8)15-11(13)16-10/h1-5H. The molecule has 5 heteroatoms. The molecule has 0 N–H and O–H groups in total. The molecule has 2 heterocycles. The highest BCUT2D eigenvalue weighted by Gasteiger charge is 2.10. The van der Waals surface area contributed by atoms with E-state index in [0.29, 0.717) is 0 Å². The van der Waals surface area contributed by atoms with Crippen molar-refractivity contribution in [2.24, 2.45) is 0 Å². The molecule has 0 saturated heterocycles. The molecule has 3 aromatic rings. The van der Waals surface area contributed by atoms with Crippen LogP contribution in [-0.4, -0.2) is 0 Å². The third kappa shape index (κ3) is 1.78. The van der Waals surface area contributed by atoms with E-state index in [1.807, 2.05) is 12.1 Å². The SMILES string of the molecule is O=c1sc2scc(-c3ccc(Br)cc3)c2s1. The van der Waals surface area contributed by atoms with Crippen LogP contribution in [0.5, 0.6) is 0 Å². The highest BCUT2D eigenvalue weighted by molar-refractivity contribution is 9.10. The maximum Gasteiger partial charge on any atom is 0.289 e. The Morgan fingerprint density at radius 2 is 1.81 bits per heavy atom. The third-order valence-electron chi connectivity index (χ3n) is 2.23. The minimum Gasteiger partial charge on any atom is -0.265 e. The number of thiophene rings is 1. The van der Waals surface area contributed by atoms with Crippen molar-refractivity contribution in [1.82, 2.24) is 0 Å². The van der Waals surface area contributed by atoms with Crippen LogP contribution < -0.4 is 4.06 Å². The van der Waals surface area contributed by atoms with Crippen molar-refractivity contribution in [2.45, 2.75) is 0 Å². The lowest BCUT2D eigenvalue weighted by Gasteiger charge is -1.97. The summed E-state index contributed by atoms with van der Waals surface area (Å²) >= 11 is 7.76. The molecule has 0 aliphatic heterocycles. The quantitative estimate of drug-likeness (QED) is 0.626. The Kier molecular flexibility index (Phi) is 2.71. The smallest absolute Gasteiger partial charge is 0.265 e. The van der Waals surface area contributed by atoms with Crippen LogP contribution in [0.4, 0.5) is 0 Å². The fourth-order valence-corrected chi connectivity index (χ4v) is 5.34. The van der Waals surface area contributed by atoms with Crippen LogP contribution in [0, 0.1) is 0 Å². The van der Waals surface area contributed by atoms with E-state index in [-0.39, 0.29) is 4.06 Å². The topological polar surface area (TPSA) is 17.1 Å². The first kappa shape index (κ1) is 10.7. The molecule has 0 fully saturated rings. The van der Waals surface area contributed by atoms with Crippen molar-refractivity contribution in [1.29, 1.82) is 0 Å². The summed E-state index contributed by atoms with van der Waals surface area (Å²) in [6, 6.07) is 8.18. The Morgan fingerprint density at radius 1 is 1.06 bits per heavy atom. The molecule has 80 valence electrons. The molecule has 0 aliphatic rings. The molecule has 1 nitrogen and oxygen atoms in total. The summed E-state index contributed by atoms with van der Waals surface area (Å²) in [6.07, 6.45) is 0. The van der Waals surface area contributed by atoms with Crippen molar-refractivity contribution in [3.05, 3.63) is 43.0 Å². The van der Waals surface area contributed by atoms with Gasteiger partial charge in [-0.3, -0.25) is 4.79 Å². The molecule has 16 heavy (non-hydrogen) atoms. The molecule has 0 atom stereocenters. The monoisotopic (exact) mass is 328 g/mol. The highest BCUT2D eigenvalue weighted by Crippen LogP contribution is 2.38. The predicted octanol–water partition coefficient (Wildman–Crippen LogP) is 4.81. The minimum atomic E-state index is 0.181. The Labute approximate surface area is 112 Å². The number of benzene rings is 1. The van der Waals surface area contributed by atoms with E-state index in [1.54, 1.807) is 11.3 Å². The van der Waals surface area contributed by atoms with E-state index in [2.05, 4.69) is 33.4 Å². The van der Waals surface area contributed by atoms with Crippen molar-refractivity contribution in [3.63, 3.8) is 0 Å². The first-order valence-electron chi connectivity index (χ1n) is 4.51. The van der Waals surface area contributed by atoms with Crippen LogP contribution in [0.2, 0.25) is 0 Å². The van der Waals surface area contributed by atoms with E-state index in [0.717, 1.165) is 13.2 Å². The van der Waals surface area contributed by atoms with Gasteiger partial charge in [-0.2, -0.15) is 0 Å². The summed E-state index contributed by atoms with van der Waals surface area (Å²) in [7, 11) is 0. The Morgan fingerprint density at radius 3 is 2.56 bits per heavy atom. The molecule has 0 unspecified atom stereocenters. The van der Waals surface area contributed by atoms with Crippen LogP contribution in [0.25, 0.3) is 19.8 Å². The largest absolute Gasteiger partial charge is 0.289 e. The number of hydrogen-bond acceptors (Lipinski definition) is 4. The van der Waals surface area contributed by atoms with Gasteiger partial charge in [0.05, 0.1) is 4.70 Å². The predicted molar refractivity (Wildman–Crippen MR) is 77.0 cm³/mol. The molecule has 2 aromatic heterocycles.